The molecule has 20 heavy (non-hydrogen) atoms. The first-order valence-electron chi connectivity index (χ1n) is 8.13. The summed E-state index contributed by atoms with van der Waals surface area (Å²) in [5.41, 5.74) is 2.33. The van der Waals surface area contributed by atoms with Crippen molar-refractivity contribution in [3.8, 4) is 0 Å². The average molecular weight is 279 g/mol. The van der Waals surface area contributed by atoms with Crippen molar-refractivity contribution in [2.45, 2.75) is 65.8 Å². The largest absolute Gasteiger partial charge is 0.310 e. The highest BCUT2D eigenvalue weighted by molar-refractivity contribution is 5.30. The Morgan fingerprint density at radius 3 is 2.45 bits per heavy atom. The summed E-state index contributed by atoms with van der Waals surface area (Å²) < 4.78 is 13.3. The number of aryl methyl sites for hydroxylation is 1. The summed E-state index contributed by atoms with van der Waals surface area (Å²) in [7, 11) is 0. The Labute approximate surface area is 124 Å². The van der Waals surface area contributed by atoms with Crippen LogP contribution in [-0.2, 0) is 0 Å². The maximum atomic E-state index is 13.3. The average Bonchev–Trinajstić information content (AvgIpc) is 2.43. The Hall–Kier alpha value is -0.890. The molecule has 0 spiro atoms. The fraction of sp³-hybridized carbons (Fsp3) is 0.667. The van der Waals surface area contributed by atoms with Crippen LogP contribution in [0.5, 0.6) is 0 Å². The van der Waals surface area contributed by atoms with Gasteiger partial charge >= 0.3 is 0 Å². The van der Waals surface area contributed by atoms with E-state index in [4.69, 9.17) is 0 Å². The quantitative estimate of drug-likeness (QED) is 0.639. The van der Waals surface area contributed by atoms with E-state index in [0.29, 0.717) is 12.0 Å². The van der Waals surface area contributed by atoms with E-state index in [1.165, 1.54) is 24.8 Å². The zero-order chi connectivity index (χ0) is 15.0. The number of halogens is 1. The highest BCUT2D eigenvalue weighted by Crippen LogP contribution is 2.31. The first-order chi connectivity index (χ1) is 9.63. The molecule has 2 unspecified atom stereocenters. The molecule has 0 fully saturated rings. The Morgan fingerprint density at radius 1 is 1.15 bits per heavy atom. The Morgan fingerprint density at radius 2 is 1.90 bits per heavy atom. The van der Waals surface area contributed by atoms with Gasteiger partial charge in [-0.05, 0) is 55.5 Å². The molecule has 0 heterocycles. The molecule has 1 rings (SSSR count). The lowest BCUT2D eigenvalue weighted by Gasteiger charge is -2.29. The van der Waals surface area contributed by atoms with Gasteiger partial charge in [0.05, 0.1) is 0 Å². The Bertz CT molecular complexity index is 389. The van der Waals surface area contributed by atoms with Crippen molar-refractivity contribution in [1.82, 2.24) is 5.32 Å². The van der Waals surface area contributed by atoms with Crippen molar-refractivity contribution < 1.29 is 4.39 Å². The standard InChI is InChI=1S/C18H30FN/c1-5-8-9-15(7-3)18(20-12-6-2)17-11-10-16(19)13-14(17)4/h10-11,13,15,18,20H,5-9,12H2,1-4H3. The fourth-order valence-corrected chi connectivity index (χ4v) is 2.89. The van der Waals surface area contributed by atoms with Crippen molar-refractivity contribution in [2.24, 2.45) is 5.92 Å². The molecule has 1 nitrogen and oxygen atoms in total. The van der Waals surface area contributed by atoms with Crippen LogP contribution < -0.4 is 5.32 Å². The molecule has 0 aliphatic rings. The minimum Gasteiger partial charge on any atom is -0.310 e. The first kappa shape index (κ1) is 17.2. The Kier molecular flexibility index (Phi) is 7.83. The maximum absolute atomic E-state index is 13.3. The molecule has 0 amide bonds. The van der Waals surface area contributed by atoms with Crippen LogP contribution in [0, 0.1) is 18.7 Å². The normalized spacial score (nSPS) is 14.2. The van der Waals surface area contributed by atoms with Gasteiger partial charge in [-0.3, -0.25) is 0 Å². The second kappa shape index (κ2) is 9.12. The molecule has 0 aromatic heterocycles. The molecule has 1 aromatic carbocycles. The number of unbranched alkanes of at least 4 members (excludes halogenated alkanes) is 1. The van der Waals surface area contributed by atoms with Crippen LogP contribution in [0.2, 0.25) is 0 Å². The molecule has 0 aliphatic carbocycles. The summed E-state index contributed by atoms with van der Waals surface area (Å²) in [5.74, 6) is 0.493. The van der Waals surface area contributed by atoms with E-state index < -0.39 is 0 Å². The third-order valence-electron chi connectivity index (χ3n) is 4.11. The van der Waals surface area contributed by atoms with Crippen LogP contribution in [0.1, 0.15) is 70.0 Å². The van der Waals surface area contributed by atoms with Gasteiger partial charge in [0, 0.05) is 6.04 Å². The van der Waals surface area contributed by atoms with Gasteiger partial charge in [-0.15, -0.1) is 0 Å². The zero-order valence-corrected chi connectivity index (χ0v) is 13.5. The van der Waals surface area contributed by atoms with E-state index >= 15 is 0 Å². The highest BCUT2D eigenvalue weighted by atomic mass is 19.1. The number of benzene rings is 1. The number of hydrogen-bond donors (Lipinski definition) is 1. The topological polar surface area (TPSA) is 12.0 Å². The molecule has 1 aromatic rings. The van der Waals surface area contributed by atoms with E-state index in [2.05, 4.69) is 26.1 Å². The summed E-state index contributed by atoms with van der Waals surface area (Å²) in [6.45, 7) is 9.73. The summed E-state index contributed by atoms with van der Waals surface area (Å²) in [6.07, 6.45) is 6.03. The van der Waals surface area contributed by atoms with Gasteiger partial charge in [0.1, 0.15) is 5.82 Å². The van der Waals surface area contributed by atoms with Gasteiger partial charge in [0.25, 0.3) is 0 Å². The third kappa shape index (κ3) is 4.90. The molecular formula is C18H30FN. The van der Waals surface area contributed by atoms with Gasteiger partial charge in [-0.1, -0.05) is 46.1 Å². The van der Waals surface area contributed by atoms with Gasteiger partial charge < -0.3 is 5.32 Å². The molecule has 0 saturated heterocycles. The van der Waals surface area contributed by atoms with Crippen molar-refractivity contribution in [3.05, 3.63) is 35.1 Å². The minimum absolute atomic E-state index is 0.137. The van der Waals surface area contributed by atoms with Crippen molar-refractivity contribution in [2.75, 3.05) is 6.54 Å². The summed E-state index contributed by atoms with van der Waals surface area (Å²) >= 11 is 0. The smallest absolute Gasteiger partial charge is 0.123 e. The van der Waals surface area contributed by atoms with Crippen molar-refractivity contribution >= 4 is 0 Å². The molecule has 0 aliphatic heterocycles. The lowest BCUT2D eigenvalue weighted by molar-refractivity contribution is 0.322. The number of nitrogens with one attached hydrogen (secondary N) is 1. The van der Waals surface area contributed by atoms with Crippen molar-refractivity contribution in [3.63, 3.8) is 0 Å². The molecule has 0 radical (unpaired) electrons. The molecule has 114 valence electrons. The van der Waals surface area contributed by atoms with Gasteiger partial charge in [0.2, 0.25) is 0 Å². The van der Waals surface area contributed by atoms with Crippen LogP contribution in [0.25, 0.3) is 0 Å². The van der Waals surface area contributed by atoms with E-state index in [1.807, 2.05) is 13.0 Å². The van der Waals surface area contributed by atoms with Crippen LogP contribution in [0.15, 0.2) is 18.2 Å². The van der Waals surface area contributed by atoms with E-state index in [-0.39, 0.29) is 5.82 Å². The van der Waals surface area contributed by atoms with Crippen molar-refractivity contribution in [1.29, 1.82) is 0 Å². The van der Waals surface area contributed by atoms with E-state index in [0.717, 1.165) is 24.9 Å². The SMILES string of the molecule is CCCCC(CC)C(NCCC)c1ccc(F)cc1C. The predicted molar refractivity (Wildman–Crippen MR) is 85.5 cm³/mol. The lowest BCUT2D eigenvalue weighted by Crippen LogP contribution is -2.29. The summed E-state index contributed by atoms with van der Waals surface area (Å²) in [6, 6.07) is 5.57. The number of rotatable bonds is 9. The van der Waals surface area contributed by atoms with E-state index in [1.54, 1.807) is 12.1 Å². The summed E-state index contributed by atoms with van der Waals surface area (Å²) in [5, 5.41) is 3.68. The molecule has 2 atom stereocenters. The maximum Gasteiger partial charge on any atom is 0.123 e. The highest BCUT2D eigenvalue weighted by Gasteiger charge is 2.22. The third-order valence-corrected chi connectivity index (χ3v) is 4.11. The Balaban J connectivity index is 2.96. The molecule has 2 heteroatoms. The van der Waals surface area contributed by atoms with E-state index in [9.17, 15) is 4.39 Å². The lowest BCUT2D eigenvalue weighted by atomic mass is 9.85. The van der Waals surface area contributed by atoms with Crippen LogP contribution in [-0.4, -0.2) is 6.54 Å². The monoisotopic (exact) mass is 279 g/mol. The molecule has 0 saturated carbocycles. The first-order valence-corrected chi connectivity index (χ1v) is 8.13. The van der Waals surface area contributed by atoms with Crippen LogP contribution >= 0.6 is 0 Å². The minimum atomic E-state index is -0.137. The summed E-state index contributed by atoms with van der Waals surface area (Å²) in [4.78, 5) is 0. The van der Waals surface area contributed by atoms with Crippen LogP contribution in [0.3, 0.4) is 0 Å². The fourth-order valence-electron chi connectivity index (χ4n) is 2.89. The molecule has 0 bridgehead atoms. The van der Waals surface area contributed by atoms with Gasteiger partial charge in [0.15, 0.2) is 0 Å². The van der Waals surface area contributed by atoms with Crippen LogP contribution in [0.4, 0.5) is 4.39 Å². The number of hydrogen-bond acceptors (Lipinski definition) is 1. The van der Waals surface area contributed by atoms with Gasteiger partial charge in [-0.25, -0.2) is 4.39 Å². The molecular weight excluding hydrogens is 249 g/mol. The zero-order valence-electron chi connectivity index (χ0n) is 13.5. The second-order valence-corrected chi connectivity index (χ2v) is 5.74. The second-order valence-electron chi connectivity index (χ2n) is 5.74. The molecule has 1 N–H and O–H groups in total. The predicted octanol–water partition coefficient (Wildman–Crippen LogP) is 5.39. The van der Waals surface area contributed by atoms with Gasteiger partial charge in [-0.2, -0.15) is 0 Å².